The standard InChI is InChI=1S/C16H20N2.2C4H11NO3.ClH/c1-9-5-13(6-10(2)15(9)17)14-7-11(3)16(18)12(4)8-14;2*5-4(1-6,2-7)3-8;/h5-8H,17-18H2,1-4H3;2*6-8H,1-3,5H2;1H. The van der Waals surface area contributed by atoms with Crippen molar-refractivity contribution in [3.63, 3.8) is 0 Å². The van der Waals surface area contributed by atoms with Gasteiger partial charge in [0.25, 0.3) is 0 Å². The molecule has 0 fully saturated rings. The largest absolute Gasteiger partial charge is 0.398 e. The molecule has 2 aromatic rings. The van der Waals surface area contributed by atoms with E-state index in [-0.39, 0.29) is 12.4 Å². The lowest BCUT2D eigenvalue weighted by molar-refractivity contribution is 0.0695. The highest BCUT2D eigenvalue weighted by Gasteiger charge is 2.21. The molecule has 2 aromatic carbocycles. The molecule has 0 heterocycles. The fourth-order valence-corrected chi connectivity index (χ4v) is 2.58. The van der Waals surface area contributed by atoms with Gasteiger partial charge in [0.2, 0.25) is 0 Å². The van der Waals surface area contributed by atoms with Crippen LogP contribution in [-0.4, -0.2) is 81.4 Å². The molecule has 0 aliphatic heterocycles. The summed E-state index contributed by atoms with van der Waals surface area (Å²) in [5, 5.41) is 50.0. The quantitative estimate of drug-likeness (QED) is 0.211. The number of anilines is 2. The fraction of sp³-hybridized carbons (Fsp3) is 0.500. The lowest BCUT2D eigenvalue weighted by Gasteiger charge is -2.20. The van der Waals surface area contributed by atoms with Crippen molar-refractivity contribution in [2.75, 3.05) is 51.1 Å². The second-order valence-corrected chi connectivity index (χ2v) is 8.72. The van der Waals surface area contributed by atoms with Gasteiger partial charge in [0.05, 0.1) is 50.7 Å². The van der Waals surface area contributed by atoms with Crippen molar-refractivity contribution >= 4 is 23.8 Å². The van der Waals surface area contributed by atoms with E-state index in [1.54, 1.807) is 0 Å². The number of halogens is 1. The van der Waals surface area contributed by atoms with Gasteiger partial charge in [0.1, 0.15) is 0 Å². The highest BCUT2D eigenvalue weighted by atomic mass is 35.5. The lowest BCUT2D eigenvalue weighted by atomic mass is 9.95. The number of nitrogens with two attached hydrogens (primary N) is 4. The van der Waals surface area contributed by atoms with Crippen molar-refractivity contribution in [2.45, 2.75) is 38.8 Å². The number of nitrogen functional groups attached to an aromatic ring is 2. The van der Waals surface area contributed by atoms with Gasteiger partial charge in [0.15, 0.2) is 0 Å². The van der Waals surface area contributed by atoms with Crippen molar-refractivity contribution in [1.29, 1.82) is 0 Å². The summed E-state index contributed by atoms with van der Waals surface area (Å²) in [7, 11) is 0. The number of benzene rings is 2. The first-order valence-electron chi connectivity index (χ1n) is 10.7. The molecule has 35 heavy (non-hydrogen) atoms. The van der Waals surface area contributed by atoms with Crippen LogP contribution < -0.4 is 22.9 Å². The minimum absolute atomic E-state index is 0. The SMILES string of the molecule is Cc1cc(-c2cc(C)c(N)c(C)c2)cc(C)c1N.Cl.NC(CO)(CO)CO.NC(CO)(CO)CO. The number of aryl methyl sites for hydroxylation is 4. The molecule has 0 amide bonds. The average Bonchev–Trinajstić information content (AvgIpc) is 2.85. The fourth-order valence-electron chi connectivity index (χ4n) is 2.58. The zero-order valence-electron chi connectivity index (χ0n) is 21.0. The van der Waals surface area contributed by atoms with E-state index in [4.69, 9.17) is 53.6 Å². The van der Waals surface area contributed by atoms with Crippen LogP contribution in [0.15, 0.2) is 24.3 Å². The first-order chi connectivity index (χ1) is 15.8. The van der Waals surface area contributed by atoms with E-state index in [0.717, 1.165) is 33.6 Å². The van der Waals surface area contributed by atoms with E-state index in [1.807, 2.05) is 27.7 Å². The summed E-state index contributed by atoms with van der Waals surface area (Å²) in [4.78, 5) is 0. The van der Waals surface area contributed by atoms with Gasteiger partial charge in [-0.1, -0.05) is 0 Å². The van der Waals surface area contributed by atoms with E-state index >= 15 is 0 Å². The number of rotatable bonds is 7. The average molecular weight is 519 g/mol. The molecule has 10 nitrogen and oxygen atoms in total. The number of hydrogen-bond donors (Lipinski definition) is 10. The van der Waals surface area contributed by atoms with Crippen molar-refractivity contribution in [1.82, 2.24) is 0 Å². The smallest absolute Gasteiger partial charge is 0.0856 e. The topological polar surface area (TPSA) is 225 Å². The molecule has 0 aliphatic rings. The Bertz CT molecular complexity index is 770. The molecule has 0 bridgehead atoms. The first-order valence-corrected chi connectivity index (χ1v) is 10.7. The Balaban J connectivity index is 0. The summed E-state index contributed by atoms with van der Waals surface area (Å²) in [5.41, 5.74) is 28.5. The Morgan fingerprint density at radius 3 is 0.800 bits per heavy atom. The van der Waals surface area contributed by atoms with Gasteiger partial charge in [-0.25, -0.2) is 0 Å². The normalized spacial score (nSPS) is 11.0. The van der Waals surface area contributed by atoms with E-state index in [1.165, 1.54) is 11.1 Å². The summed E-state index contributed by atoms with van der Waals surface area (Å²) in [5.74, 6) is 0. The van der Waals surface area contributed by atoms with Gasteiger partial charge >= 0.3 is 0 Å². The third-order valence-corrected chi connectivity index (χ3v) is 5.41. The second-order valence-electron chi connectivity index (χ2n) is 8.72. The van der Waals surface area contributed by atoms with Gasteiger partial charge in [-0.05, 0) is 85.3 Å². The Kier molecular flexibility index (Phi) is 16.0. The van der Waals surface area contributed by atoms with E-state index in [9.17, 15) is 0 Å². The van der Waals surface area contributed by atoms with Crippen LogP contribution in [-0.2, 0) is 0 Å². The summed E-state index contributed by atoms with van der Waals surface area (Å²) in [6, 6.07) is 8.53. The molecule has 11 heteroatoms. The van der Waals surface area contributed by atoms with E-state index in [0.29, 0.717) is 0 Å². The molecule has 0 saturated heterocycles. The predicted octanol–water partition coefficient (Wildman–Crippen LogP) is -0.505. The minimum Gasteiger partial charge on any atom is -0.398 e. The lowest BCUT2D eigenvalue weighted by Crippen LogP contribution is -2.50. The Labute approximate surface area is 213 Å². The van der Waals surface area contributed by atoms with Gasteiger partial charge in [-0.2, -0.15) is 0 Å². The van der Waals surface area contributed by atoms with Crippen LogP contribution in [0.3, 0.4) is 0 Å². The molecule has 14 N–H and O–H groups in total. The molecule has 0 unspecified atom stereocenters. The minimum atomic E-state index is -1.21. The summed E-state index contributed by atoms with van der Waals surface area (Å²) >= 11 is 0. The predicted molar refractivity (Wildman–Crippen MR) is 143 cm³/mol. The van der Waals surface area contributed by atoms with Crippen LogP contribution in [0.1, 0.15) is 22.3 Å². The van der Waals surface area contributed by atoms with Crippen molar-refractivity contribution in [2.24, 2.45) is 11.5 Å². The van der Waals surface area contributed by atoms with Crippen LogP contribution in [0, 0.1) is 27.7 Å². The molecular formula is C24H43ClN4O6. The molecule has 0 aliphatic carbocycles. The molecule has 0 saturated carbocycles. The van der Waals surface area contributed by atoms with Crippen LogP contribution in [0.5, 0.6) is 0 Å². The maximum Gasteiger partial charge on any atom is 0.0856 e. The third kappa shape index (κ3) is 10.7. The Hall–Kier alpha value is -1.99. The molecule has 2 rings (SSSR count). The molecule has 0 spiro atoms. The summed E-state index contributed by atoms with van der Waals surface area (Å²) in [6.07, 6.45) is 0. The van der Waals surface area contributed by atoms with Crippen molar-refractivity contribution in [3.05, 3.63) is 46.5 Å². The van der Waals surface area contributed by atoms with Crippen molar-refractivity contribution in [3.8, 4) is 11.1 Å². The van der Waals surface area contributed by atoms with Crippen LogP contribution in [0.2, 0.25) is 0 Å². The second kappa shape index (κ2) is 15.9. The molecule has 0 aromatic heterocycles. The van der Waals surface area contributed by atoms with Gasteiger partial charge < -0.3 is 53.6 Å². The van der Waals surface area contributed by atoms with Crippen molar-refractivity contribution < 1.29 is 30.6 Å². The summed E-state index contributed by atoms with van der Waals surface area (Å²) in [6.45, 7) is 5.76. The monoisotopic (exact) mass is 518 g/mol. The van der Waals surface area contributed by atoms with Gasteiger partial charge in [-0.15, -0.1) is 12.4 Å². The Morgan fingerprint density at radius 1 is 0.514 bits per heavy atom. The molecule has 0 atom stereocenters. The number of aliphatic hydroxyl groups is 6. The zero-order valence-corrected chi connectivity index (χ0v) is 21.8. The van der Waals surface area contributed by atoms with Crippen LogP contribution in [0.4, 0.5) is 11.4 Å². The maximum absolute atomic E-state index is 8.34. The van der Waals surface area contributed by atoms with E-state index in [2.05, 4.69) is 24.3 Å². The van der Waals surface area contributed by atoms with E-state index < -0.39 is 50.7 Å². The highest BCUT2D eigenvalue weighted by Crippen LogP contribution is 2.30. The van der Waals surface area contributed by atoms with Crippen LogP contribution in [0.25, 0.3) is 11.1 Å². The van der Waals surface area contributed by atoms with Gasteiger partial charge in [0, 0.05) is 11.4 Å². The highest BCUT2D eigenvalue weighted by molar-refractivity contribution is 5.85. The first kappa shape index (κ1) is 35.2. The van der Waals surface area contributed by atoms with Gasteiger partial charge in [-0.3, -0.25) is 0 Å². The maximum atomic E-state index is 8.34. The molecular weight excluding hydrogens is 476 g/mol. The van der Waals surface area contributed by atoms with Crippen LogP contribution >= 0.6 is 12.4 Å². The number of hydrogen-bond acceptors (Lipinski definition) is 10. The Morgan fingerprint density at radius 2 is 0.686 bits per heavy atom. The number of aliphatic hydroxyl groups excluding tert-OH is 6. The molecule has 0 radical (unpaired) electrons. The zero-order chi connectivity index (χ0) is 26.7. The third-order valence-electron chi connectivity index (χ3n) is 5.41. The molecule has 202 valence electrons. The summed E-state index contributed by atoms with van der Waals surface area (Å²) < 4.78 is 0.